The normalized spacial score (nSPS) is 22.9. The SMILES string of the molecule is CN(C)c1ccc(NC(=S)N[C@H]2CO[C@H]3[C@@H]2OC[C@@H]3Nc2nccc(-c3cccc(F)c3)n2)cc1. The first kappa shape index (κ1) is 23.4. The fraction of sp³-hybridized carbons (Fsp3) is 0.320. The number of aromatic nitrogens is 2. The quantitative estimate of drug-likeness (QED) is 0.447. The maximum atomic E-state index is 13.6. The average Bonchev–Trinajstić information content (AvgIpc) is 3.43. The molecule has 0 unspecified atom stereocenters. The molecular weight excluding hydrogens is 467 g/mol. The summed E-state index contributed by atoms with van der Waals surface area (Å²) in [7, 11) is 4.00. The summed E-state index contributed by atoms with van der Waals surface area (Å²) in [5.74, 6) is 0.137. The number of nitrogens with one attached hydrogen (secondary N) is 3. The number of nitrogens with zero attached hydrogens (tertiary/aromatic N) is 3. The van der Waals surface area contributed by atoms with E-state index in [4.69, 9.17) is 21.7 Å². The van der Waals surface area contributed by atoms with Crippen LogP contribution >= 0.6 is 12.2 Å². The van der Waals surface area contributed by atoms with E-state index >= 15 is 0 Å². The van der Waals surface area contributed by atoms with Crippen LogP contribution < -0.4 is 20.9 Å². The van der Waals surface area contributed by atoms with Gasteiger partial charge in [0.1, 0.15) is 18.0 Å². The molecule has 2 saturated heterocycles. The second kappa shape index (κ2) is 10.1. The molecule has 2 aliphatic heterocycles. The first-order valence-electron chi connectivity index (χ1n) is 11.4. The van der Waals surface area contributed by atoms with E-state index in [0.29, 0.717) is 35.5 Å². The summed E-state index contributed by atoms with van der Waals surface area (Å²) < 4.78 is 25.7. The summed E-state index contributed by atoms with van der Waals surface area (Å²) in [5.41, 5.74) is 3.35. The molecule has 5 rings (SSSR count). The van der Waals surface area contributed by atoms with Crippen molar-refractivity contribution >= 4 is 34.7 Å². The van der Waals surface area contributed by atoms with Gasteiger partial charge in [-0.1, -0.05) is 12.1 Å². The molecule has 10 heteroatoms. The zero-order valence-corrected chi connectivity index (χ0v) is 20.3. The van der Waals surface area contributed by atoms with E-state index in [-0.39, 0.29) is 30.1 Å². The average molecular weight is 495 g/mol. The highest BCUT2D eigenvalue weighted by Crippen LogP contribution is 2.29. The third-order valence-corrected chi connectivity index (χ3v) is 6.32. The summed E-state index contributed by atoms with van der Waals surface area (Å²) in [6.45, 7) is 0.923. The maximum absolute atomic E-state index is 13.6. The van der Waals surface area contributed by atoms with E-state index in [9.17, 15) is 4.39 Å². The lowest BCUT2D eigenvalue weighted by Gasteiger charge is -2.20. The van der Waals surface area contributed by atoms with E-state index in [2.05, 4.69) is 25.9 Å². The van der Waals surface area contributed by atoms with Crippen LogP contribution in [0, 0.1) is 5.82 Å². The number of ether oxygens (including phenoxy) is 2. The number of anilines is 3. The minimum Gasteiger partial charge on any atom is -0.378 e. The topological polar surface area (TPSA) is 83.6 Å². The summed E-state index contributed by atoms with van der Waals surface area (Å²) in [6.07, 6.45) is 1.32. The molecule has 3 N–H and O–H groups in total. The van der Waals surface area contributed by atoms with Crippen molar-refractivity contribution in [2.75, 3.05) is 42.8 Å². The van der Waals surface area contributed by atoms with Gasteiger partial charge < -0.3 is 30.3 Å². The second-order valence-corrected chi connectivity index (χ2v) is 9.18. The van der Waals surface area contributed by atoms with Gasteiger partial charge in [-0.3, -0.25) is 0 Å². The molecule has 182 valence electrons. The van der Waals surface area contributed by atoms with Crippen LogP contribution in [0.3, 0.4) is 0 Å². The Morgan fingerprint density at radius 2 is 1.77 bits per heavy atom. The zero-order valence-electron chi connectivity index (χ0n) is 19.4. The number of halogens is 1. The molecule has 8 nitrogen and oxygen atoms in total. The Bertz CT molecular complexity index is 1190. The van der Waals surface area contributed by atoms with Gasteiger partial charge in [-0.2, -0.15) is 0 Å². The summed E-state index contributed by atoms with van der Waals surface area (Å²) in [4.78, 5) is 10.9. The van der Waals surface area contributed by atoms with Crippen molar-refractivity contribution in [1.82, 2.24) is 15.3 Å². The predicted molar refractivity (Wildman–Crippen MR) is 138 cm³/mol. The van der Waals surface area contributed by atoms with Crippen LogP contribution in [0.1, 0.15) is 0 Å². The van der Waals surface area contributed by atoms with Gasteiger partial charge in [0.25, 0.3) is 0 Å². The number of fused-ring (bicyclic) bond motifs is 1. The van der Waals surface area contributed by atoms with Crippen LogP contribution in [0.5, 0.6) is 0 Å². The number of thiocarbonyl (C=S) groups is 1. The number of hydrogen-bond donors (Lipinski definition) is 3. The van der Waals surface area contributed by atoms with E-state index < -0.39 is 0 Å². The molecule has 3 aromatic rings. The van der Waals surface area contributed by atoms with Crippen LogP contribution in [0.2, 0.25) is 0 Å². The Morgan fingerprint density at radius 3 is 2.51 bits per heavy atom. The molecule has 2 aromatic carbocycles. The highest BCUT2D eigenvalue weighted by atomic mass is 32.1. The van der Waals surface area contributed by atoms with Gasteiger partial charge in [0.2, 0.25) is 5.95 Å². The molecule has 1 aromatic heterocycles. The number of rotatable bonds is 6. The fourth-order valence-electron chi connectivity index (χ4n) is 4.33. The van der Waals surface area contributed by atoms with Crippen molar-refractivity contribution in [2.24, 2.45) is 0 Å². The predicted octanol–water partition coefficient (Wildman–Crippen LogP) is 3.28. The molecule has 0 radical (unpaired) electrons. The van der Waals surface area contributed by atoms with Gasteiger partial charge in [0.05, 0.1) is 31.0 Å². The van der Waals surface area contributed by atoms with Crippen LogP contribution in [0.4, 0.5) is 21.7 Å². The van der Waals surface area contributed by atoms with Crippen molar-refractivity contribution in [3.8, 4) is 11.3 Å². The van der Waals surface area contributed by atoms with Crippen molar-refractivity contribution in [3.63, 3.8) is 0 Å². The molecule has 35 heavy (non-hydrogen) atoms. The molecule has 0 saturated carbocycles. The zero-order chi connectivity index (χ0) is 24.4. The first-order valence-corrected chi connectivity index (χ1v) is 11.8. The smallest absolute Gasteiger partial charge is 0.223 e. The Labute approximate surface area is 208 Å². The number of benzene rings is 2. The third-order valence-electron chi connectivity index (χ3n) is 6.10. The van der Waals surface area contributed by atoms with Crippen molar-refractivity contribution in [3.05, 3.63) is 66.6 Å². The van der Waals surface area contributed by atoms with E-state index in [1.165, 1.54) is 12.1 Å². The number of hydrogen-bond acceptors (Lipinski definition) is 7. The fourth-order valence-corrected chi connectivity index (χ4v) is 4.60. The molecule has 2 fully saturated rings. The van der Waals surface area contributed by atoms with Crippen LogP contribution in [-0.2, 0) is 9.47 Å². The summed E-state index contributed by atoms with van der Waals surface area (Å²) >= 11 is 5.52. The molecular formula is C25H27FN6O2S. The largest absolute Gasteiger partial charge is 0.378 e. The lowest BCUT2D eigenvalue weighted by atomic mass is 10.1. The highest BCUT2D eigenvalue weighted by Gasteiger charge is 2.48. The second-order valence-electron chi connectivity index (χ2n) is 8.77. The van der Waals surface area contributed by atoms with Crippen LogP contribution in [0.15, 0.2) is 60.8 Å². The van der Waals surface area contributed by atoms with Crippen LogP contribution in [0.25, 0.3) is 11.3 Å². The van der Waals surface area contributed by atoms with Crippen molar-refractivity contribution in [2.45, 2.75) is 24.3 Å². The lowest BCUT2D eigenvalue weighted by molar-refractivity contribution is 0.0689. The standard InChI is InChI=1S/C25H27FN6O2S/c1-32(2)18-8-6-17(7-9-18)28-25(35)31-21-14-34-22-20(13-33-23(21)22)30-24-27-11-10-19(29-24)15-4-3-5-16(26)12-15/h3-12,20-23H,13-14H2,1-2H3,(H,27,29,30)(H2,28,31,35)/t20-,21-,22+,23+/m0/s1. The third kappa shape index (κ3) is 5.34. The van der Waals surface area contributed by atoms with Crippen molar-refractivity contribution < 1.29 is 13.9 Å². The Hall–Kier alpha value is -3.34. The molecule has 0 bridgehead atoms. The Morgan fingerprint density at radius 1 is 1.03 bits per heavy atom. The van der Waals surface area contributed by atoms with E-state index in [1.54, 1.807) is 18.3 Å². The molecule has 2 aliphatic rings. The van der Waals surface area contributed by atoms with Crippen LogP contribution in [-0.4, -0.2) is 66.7 Å². The molecule has 0 spiro atoms. The van der Waals surface area contributed by atoms with Gasteiger partial charge in [-0.25, -0.2) is 14.4 Å². The maximum Gasteiger partial charge on any atom is 0.223 e. The van der Waals surface area contributed by atoms with Crippen molar-refractivity contribution in [1.29, 1.82) is 0 Å². The summed E-state index contributed by atoms with van der Waals surface area (Å²) in [6, 6.07) is 15.9. The Balaban J connectivity index is 1.18. The molecule has 3 heterocycles. The minimum absolute atomic E-state index is 0.0765. The summed E-state index contributed by atoms with van der Waals surface area (Å²) in [5, 5.41) is 10.4. The monoisotopic (exact) mass is 494 g/mol. The van der Waals surface area contributed by atoms with Gasteiger partial charge in [0, 0.05) is 37.2 Å². The van der Waals surface area contributed by atoms with E-state index in [0.717, 1.165) is 11.4 Å². The highest BCUT2D eigenvalue weighted by molar-refractivity contribution is 7.80. The molecule has 4 atom stereocenters. The van der Waals surface area contributed by atoms with Gasteiger partial charge in [-0.05, 0) is 54.7 Å². The van der Waals surface area contributed by atoms with Gasteiger partial charge in [0.15, 0.2) is 5.11 Å². The molecule has 0 aliphatic carbocycles. The minimum atomic E-state index is -0.307. The van der Waals surface area contributed by atoms with E-state index in [1.807, 2.05) is 49.3 Å². The van der Waals surface area contributed by atoms with Gasteiger partial charge >= 0.3 is 0 Å². The molecule has 0 amide bonds. The lowest BCUT2D eigenvalue weighted by Crippen LogP contribution is -2.46. The Kier molecular flexibility index (Phi) is 6.76. The van der Waals surface area contributed by atoms with Gasteiger partial charge in [-0.15, -0.1) is 0 Å². The first-order chi connectivity index (χ1) is 17.0.